The van der Waals surface area contributed by atoms with Crippen molar-refractivity contribution in [2.24, 2.45) is 0 Å². The van der Waals surface area contributed by atoms with Gasteiger partial charge in [0.2, 0.25) is 16.0 Å². The molecule has 3 rings (SSSR count). The molecule has 1 N–H and O–H groups in total. The molecule has 1 aromatic carbocycles. The zero-order chi connectivity index (χ0) is 17.9. The average molecular weight is 368 g/mol. The number of piperidine rings is 1. The van der Waals surface area contributed by atoms with Crippen LogP contribution >= 0.6 is 0 Å². The molecule has 0 spiro atoms. The summed E-state index contributed by atoms with van der Waals surface area (Å²) in [6.07, 6.45) is 4.93. The molecular formula is C16H18F2N4O2S. The van der Waals surface area contributed by atoms with E-state index in [0.717, 1.165) is 38.1 Å². The van der Waals surface area contributed by atoms with Gasteiger partial charge < -0.3 is 4.90 Å². The van der Waals surface area contributed by atoms with Crippen LogP contribution in [-0.2, 0) is 16.6 Å². The van der Waals surface area contributed by atoms with Gasteiger partial charge in [-0.25, -0.2) is 31.9 Å². The summed E-state index contributed by atoms with van der Waals surface area (Å²) < 4.78 is 52.9. The number of rotatable bonds is 5. The van der Waals surface area contributed by atoms with Gasteiger partial charge in [0, 0.05) is 19.3 Å². The summed E-state index contributed by atoms with van der Waals surface area (Å²) in [5, 5.41) is 0. The van der Waals surface area contributed by atoms with Gasteiger partial charge in [0.15, 0.2) is 11.6 Å². The van der Waals surface area contributed by atoms with E-state index >= 15 is 0 Å². The van der Waals surface area contributed by atoms with Gasteiger partial charge >= 0.3 is 0 Å². The highest BCUT2D eigenvalue weighted by Crippen LogP contribution is 2.16. The Morgan fingerprint density at radius 3 is 2.56 bits per heavy atom. The maximum Gasteiger partial charge on any atom is 0.241 e. The molecule has 0 unspecified atom stereocenters. The first kappa shape index (κ1) is 17.7. The van der Waals surface area contributed by atoms with Crippen molar-refractivity contribution in [3.63, 3.8) is 0 Å². The Labute approximate surface area is 145 Å². The van der Waals surface area contributed by atoms with E-state index in [1.807, 2.05) is 0 Å². The molecule has 2 aromatic rings. The third kappa shape index (κ3) is 4.29. The number of hydrogen-bond donors (Lipinski definition) is 1. The topological polar surface area (TPSA) is 75.2 Å². The van der Waals surface area contributed by atoms with Crippen LogP contribution in [0.2, 0.25) is 0 Å². The van der Waals surface area contributed by atoms with Crippen molar-refractivity contribution in [2.45, 2.75) is 30.7 Å². The Kier molecular flexibility index (Phi) is 5.24. The second kappa shape index (κ2) is 7.40. The first-order chi connectivity index (χ1) is 12.0. The summed E-state index contributed by atoms with van der Waals surface area (Å²) in [6.45, 7) is 1.69. The fraction of sp³-hybridized carbons (Fsp3) is 0.375. The van der Waals surface area contributed by atoms with Gasteiger partial charge in [-0.05, 0) is 43.5 Å². The lowest BCUT2D eigenvalue weighted by molar-refractivity contribution is 0.504. The largest absolute Gasteiger partial charge is 0.341 e. The first-order valence-corrected chi connectivity index (χ1v) is 9.45. The van der Waals surface area contributed by atoms with Crippen LogP contribution in [0, 0.1) is 11.6 Å². The average Bonchev–Trinajstić information content (AvgIpc) is 2.63. The van der Waals surface area contributed by atoms with Crippen molar-refractivity contribution in [1.82, 2.24) is 14.7 Å². The van der Waals surface area contributed by atoms with E-state index in [1.54, 1.807) is 12.3 Å². The standard InChI is InChI=1S/C16H18F2N4O2S/c17-14-5-4-13(10-15(14)18)25(23,24)20-11-12-6-7-19-16(21-12)22-8-2-1-3-9-22/h4-7,10,20H,1-3,8-9,11H2. The van der Waals surface area contributed by atoms with Crippen LogP contribution in [0.5, 0.6) is 0 Å². The molecule has 134 valence electrons. The van der Waals surface area contributed by atoms with Gasteiger partial charge in [0.1, 0.15) is 0 Å². The second-order valence-corrected chi connectivity index (χ2v) is 7.56. The summed E-state index contributed by atoms with van der Waals surface area (Å²) in [5.74, 6) is -1.73. The van der Waals surface area contributed by atoms with Crippen LogP contribution < -0.4 is 9.62 Å². The Bertz CT molecular complexity index is 855. The van der Waals surface area contributed by atoms with E-state index in [4.69, 9.17) is 0 Å². The molecule has 0 amide bonds. The number of nitrogens with zero attached hydrogens (tertiary/aromatic N) is 3. The minimum atomic E-state index is -3.97. The molecule has 25 heavy (non-hydrogen) atoms. The van der Waals surface area contributed by atoms with Crippen molar-refractivity contribution in [3.05, 3.63) is 47.8 Å². The van der Waals surface area contributed by atoms with Crippen molar-refractivity contribution in [2.75, 3.05) is 18.0 Å². The number of hydrogen-bond acceptors (Lipinski definition) is 5. The lowest BCUT2D eigenvalue weighted by Gasteiger charge is -2.26. The van der Waals surface area contributed by atoms with Gasteiger partial charge in [-0.3, -0.25) is 0 Å². The predicted octanol–water partition coefficient (Wildman–Crippen LogP) is 2.22. The Hall–Kier alpha value is -2.13. The molecular weight excluding hydrogens is 350 g/mol. The summed E-state index contributed by atoms with van der Waals surface area (Å²) in [5.41, 5.74) is 0.502. The van der Waals surface area contributed by atoms with Crippen LogP contribution in [0.3, 0.4) is 0 Å². The zero-order valence-corrected chi connectivity index (χ0v) is 14.3. The lowest BCUT2D eigenvalue weighted by atomic mass is 10.1. The number of halogens is 2. The molecule has 1 aromatic heterocycles. The van der Waals surface area contributed by atoms with Gasteiger partial charge in [-0.15, -0.1) is 0 Å². The van der Waals surface area contributed by atoms with Crippen LogP contribution in [0.25, 0.3) is 0 Å². The summed E-state index contributed by atoms with van der Waals surface area (Å²) in [6, 6.07) is 4.06. The highest BCUT2D eigenvalue weighted by molar-refractivity contribution is 7.89. The molecule has 0 atom stereocenters. The van der Waals surface area contributed by atoms with E-state index in [1.165, 1.54) is 6.42 Å². The monoisotopic (exact) mass is 368 g/mol. The number of benzene rings is 1. The summed E-state index contributed by atoms with van der Waals surface area (Å²) >= 11 is 0. The molecule has 1 saturated heterocycles. The first-order valence-electron chi connectivity index (χ1n) is 7.97. The number of nitrogens with one attached hydrogen (secondary N) is 1. The third-order valence-electron chi connectivity index (χ3n) is 3.98. The molecule has 0 aliphatic carbocycles. The van der Waals surface area contributed by atoms with Crippen LogP contribution in [0.4, 0.5) is 14.7 Å². The highest BCUT2D eigenvalue weighted by atomic mass is 32.2. The van der Waals surface area contributed by atoms with E-state index in [-0.39, 0.29) is 11.4 Å². The normalized spacial score (nSPS) is 15.4. The number of anilines is 1. The fourth-order valence-corrected chi connectivity index (χ4v) is 3.64. The summed E-state index contributed by atoms with van der Waals surface area (Å²) in [7, 11) is -3.97. The molecule has 9 heteroatoms. The van der Waals surface area contributed by atoms with Crippen LogP contribution in [0.1, 0.15) is 25.0 Å². The van der Waals surface area contributed by atoms with Crippen LogP contribution in [-0.4, -0.2) is 31.5 Å². The van der Waals surface area contributed by atoms with Crippen molar-refractivity contribution >= 4 is 16.0 Å². The zero-order valence-electron chi connectivity index (χ0n) is 13.5. The fourth-order valence-electron chi connectivity index (χ4n) is 2.63. The van der Waals surface area contributed by atoms with Crippen molar-refractivity contribution in [3.8, 4) is 0 Å². The third-order valence-corrected chi connectivity index (χ3v) is 5.38. The van der Waals surface area contributed by atoms with Gasteiger partial charge in [0.05, 0.1) is 17.1 Å². The van der Waals surface area contributed by atoms with E-state index in [9.17, 15) is 17.2 Å². The quantitative estimate of drug-likeness (QED) is 0.876. The van der Waals surface area contributed by atoms with E-state index in [2.05, 4.69) is 19.6 Å². The SMILES string of the molecule is O=S(=O)(NCc1ccnc(N2CCCCC2)n1)c1ccc(F)c(F)c1. The number of sulfonamides is 1. The maximum absolute atomic E-state index is 13.2. The minimum Gasteiger partial charge on any atom is -0.341 e. The Morgan fingerprint density at radius 2 is 1.84 bits per heavy atom. The molecule has 1 aliphatic rings. The molecule has 0 bridgehead atoms. The smallest absolute Gasteiger partial charge is 0.241 e. The van der Waals surface area contributed by atoms with Crippen molar-refractivity contribution < 1.29 is 17.2 Å². The lowest BCUT2D eigenvalue weighted by Crippen LogP contribution is -2.31. The summed E-state index contributed by atoms with van der Waals surface area (Å²) in [4.78, 5) is 10.3. The molecule has 0 radical (unpaired) electrons. The second-order valence-electron chi connectivity index (χ2n) is 5.80. The van der Waals surface area contributed by atoms with Gasteiger partial charge in [-0.2, -0.15) is 0 Å². The molecule has 2 heterocycles. The number of aromatic nitrogens is 2. The molecule has 6 nitrogen and oxygen atoms in total. The predicted molar refractivity (Wildman–Crippen MR) is 88.5 cm³/mol. The highest BCUT2D eigenvalue weighted by Gasteiger charge is 2.18. The molecule has 1 fully saturated rings. The van der Waals surface area contributed by atoms with Gasteiger partial charge in [0.25, 0.3) is 0 Å². The molecule has 0 saturated carbocycles. The maximum atomic E-state index is 13.2. The van der Waals surface area contributed by atoms with E-state index in [0.29, 0.717) is 17.7 Å². The van der Waals surface area contributed by atoms with Crippen molar-refractivity contribution in [1.29, 1.82) is 0 Å². The minimum absolute atomic E-state index is 0.0648. The molecule has 1 aliphatic heterocycles. The van der Waals surface area contributed by atoms with Crippen LogP contribution in [0.15, 0.2) is 35.4 Å². The van der Waals surface area contributed by atoms with E-state index < -0.39 is 21.7 Å². The Balaban J connectivity index is 1.71. The Morgan fingerprint density at radius 1 is 1.08 bits per heavy atom. The van der Waals surface area contributed by atoms with Gasteiger partial charge in [-0.1, -0.05) is 0 Å².